The van der Waals surface area contributed by atoms with Crippen LogP contribution in [0.15, 0.2) is 54.6 Å². The number of aliphatic hydroxyl groups is 1. The summed E-state index contributed by atoms with van der Waals surface area (Å²) in [6, 6.07) is 17.1. The maximum absolute atomic E-state index is 13.7. The first-order valence-corrected chi connectivity index (χ1v) is 12.0. The summed E-state index contributed by atoms with van der Waals surface area (Å²) in [5.74, 6) is 0.770. The number of hydrogen-bond donors (Lipinski definition) is 1. The van der Waals surface area contributed by atoms with Crippen LogP contribution in [0, 0.1) is 0 Å². The van der Waals surface area contributed by atoms with E-state index in [0.717, 1.165) is 56.8 Å². The highest BCUT2D eigenvalue weighted by molar-refractivity contribution is 6.01. The Morgan fingerprint density at radius 3 is 2.19 bits per heavy atom. The van der Waals surface area contributed by atoms with E-state index in [1.165, 1.54) is 0 Å². The van der Waals surface area contributed by atoms with E-state index in [1.807, 2.05) is 61.5 Å². The SMILES string of the molecule is C[C@@H](Oc1ccc(C(=O)C(N2CCN(C)CC2)C2(O)CCCCC2)cc1)c1ccccc1. The quantitative estimate of drug-likeness (QED) is 0.655. The third-order valence-electron chi connectivity index (χ3n) is 7.10. The smallest absolute Gasteiger partial charge is 0.182 e. The Labute approximate surface area is 192 Å². The molecule has 0 amide bonds. The molecule has 0 spiro atoms. The molecule has 4 rings (SSSR count). The van der Waals surface area contributed by atoms with Crippen molar-refractivity contribution in [3.05, 3.63) is 65.7 Å². The minimum atomic E-state index is -0.942. The van der Waals surface area contributed by atoms with Gasteiger partial charge >= 0.3 is 0 Å². The minimum absolute atomic E-state index is 0.0293. The van der Waals surface area contributed by atoms with Crippen LogP contribution in [0.3, 0.4) is 0 Å². The number of carbonyl (C=O) groups is 1. The molecule has 2 aliphatic rings. The fourth-order valence-electron chi connectivity index (χ4n) is 5.12. The van der Waals surface area contributed by atoms with Crippen molar-refractivity contribution in [2.75, 3.05) is 33.2 Å². The highest BCUT2D eigenvalue weighted by Crippen LogP contribution is 2.35. The predicted molar refractivity (Wildman–Crippen MR) is 127 cm³/mol. The molecule has 32 heavy (non-hydrogen) atoms. The molecule has 172 valence electrons. The Hall–Kier alpha value is -2.21. The molecule has 1 aliphatic carbocycles. The zero-order valence-electron chi connectivity index (χ0n) is 19.4. The van der Waals surface area contributed by atoms with Crippen molar-refractivity contribution in [2.24, 2.45) is 0 Å². The Morgan fingerprint density at radius 2 is 1.56 bits per heavy atom. The van der Waals surface area contributed by atoms with E-state index in [4.69, 9.17) is 4.74 Å². The molecule has 1 saturated carbocycles. The van der Waals surface area contributed by atoms with Crippen LogP contribution in [0.5, 0.6) is 5.75 Å². The van der Waals surface area contributed by atoms with E-state index in [-0.39, 0.29) is 11.9 Å². The second kappa shape index (κ2) is 10.2. The Bertz CT molecular complexity index is 870. The summed E-state index contributed by atoms with van der Waals surface area (Å²) in [6.45, 7) is 5.49. The molecular formula is C27H36N2O3. The molecule has 0 bridgehead atoms. The van der Waals surface area contributed by atoms with E-state index in [2.05, 4.69) is 16.8 Å². The average Bonchev–Trinajstić information content (AvgIpc) is 2.82. The molecule has 0 radical (unpaired) electrons. The number of carbonyl (C=O) groups excluding carboxylic acids is 1. The zero-order chi connectivity index (χ0) is 22.6. The fraction of sp³-hybridized carbons (Fsp3) is 0.519. The van der Waals surface area contributed by atoms with Crippen molar-refractivity contribution < 1.29 is 14.6 Å². The van der Waals surface area contributed by atoms with E-state index in [1.54, 1.807) is 0 Å². The third kappa shape index (κ3) is 5.22. The van der Waals surface area contributed by atoms with Crippen molar-refractivity contribution in [3.8, 4) is 5.75 Å². The normalized spacial score (nSPS) is 21.6. The predicted octanol–water partition coefficient (Wildman–Crippen LogP) is 4.32. The number of hydrogen-bond acceptors (Lipinski definition) is 5. The number of nitrogens with zero attached hydrogens (tertiary/aromatic N) is 2. The zero-order valence-corrected chi connectivity index (χ0v) is 19.4. The molecule has 1 saturated heterocycles. The summed E-state index contributed by atoms with van der Waals surface area (Å²) in [7, 11) is 2.11. The number of ether oxygens (including phenoxy) is 1. The van der Waals surface area contributed by atoms with Gasteiger partial charge in [0.25, 0.3) is 0 Å². The minimum Gasteiger partial charge on any atom is -0.486 e. The van der Waals surface area contributed by atoms with Gasteiger partial charge in [0.1, 0.15) is 17.9 Å². The maximum Gasteiger partial charge on any atom is 0.182 e. The number of Topliss-reactive ketones (excluding diaryl/α,β-unsaturated/α-hetero) is 1. The molecule has 2 atom stereocenters. The van der Waals surface area contributed by atoms with Gasteiger partial charge in [-0.3, -0.25) is 9.69 Å². The molecular weight excluding hydrogens is 400 g/mol. The summed E-state index contributed by atoms with van der Waals surface area (Å²) in [5.41, 5.74) is 0.817. The Balaban J connectivity index is 1.51. The monoisotopic (exact) mass is 436 g/mol. The first-order chi connectivity index (χ1) is 15.5. The fourth-order valence-corrected chi connectivity index (χ4v) is 5.12. The van der Waals surface area contributed by atoms with Crippen molar-refractivity contribution in [2.45, 2.75) is 56.8 Å². The van der Waals surface area contributed by atoms with Crippen LogP contribution in [0.1, 0.15) is 61.1 Å². The van der Waals surface area contributed by atoms with Crippen molar-refractivity contribution in [1.29, 1.82) is 0 Å². The van der Waals surface area contributed by atoms with Crippen LogP contribution in [0.2, 0.25) is 0 Å². The van der Waals surface area contributed by atoms with Gasteiger partial charge in [0.15, 0.2) is 5.78 Å². The van der Waals surface area contributed by atoms with Gasteiger partial charge in [-0.05, 0) is 56.6 Å². The summed E-state index contributed by atoms with van der Waals surface area (Å²) in [6.07, 6.45) is 4.43. The van der Waals surface area contributed by atoms with Crippen LogP contribution in [0.25, 0.3) is 0 Å². The molecule has 5 nitrogen and oxygen atoms in total. The maximum atomic E-state index is 13.7. The van der Waals surface area contributed by atoms with E-state index in [0.29, 0.717) is 18.4 Å². The standard InChI is InChI=1S/C27H36N2O3/c1-21(22-9-5-3-6-10-22)32-24-13-11-23(12-14-24)25(30)26(27(31)15-7-4-8-16-27)29-19-17-28(2)18-20-29/h3,5-6,9-14,21,26,31H,4,7-8,15-20H2,1-2H3/t21-,26?/m1/s1. The van der Waals surface area contributed by atoms with Crippen molar-refractivity contribution >= 4 is 5.78 Å². The summed E-state index contributed by atoms with van der Waals surface area (Å²) in [5, 5.41) is 11.6. The molecule has 2 aromatic rings. The molecule has 1 unspecified atom stereocenters. The van der Waals surface area contributed by atoms with Crippen LogP contribution in [-0.4, -0.2) is 65.6 Å². The van der Waals surface area contributed by atoms with E-state index < -0.39 is 11.6 Å². The lowest BCUT2D eigenvalue weighted by molar-refractivity contribution is -0.0673. The topological polar surface area (TPSA) is 53.0 Å². The van der Waals surface area contributed by atoms with Gasteiger partial charge in [-0.15, -0.1) is 0 Å². The summed E-state index contributed by atoms with van der Waals surface area (Å²) in [4.78, 5) is 18.2. The van der Waals surface area contributed by atoms with Gasteiger partial charge in [0, 0.05) is 31.7 Å². The van der Waals surface area contributed by atoms with Gasteiger partial charge in [0.2, 0.25) is 0 Å². The lowest BCUT2D eigenvalue weighted by atomic mass is 9.76. The van der Waals surface area contributed by atoms with Crippen LogP contribution < -0.4 is 4.74 Å². The van der Waals surface area contributed by atoms with Crippen molar-refractivity contribution in [1.82, 2.24) is 9.80 Å². The number of ketones is 1. The van der Waals surface area contributed by atoms with Gasteiger partial charge in [-0.2, -0.15) is 0 Å². The first-order valence-electron chi connectivity index (χ1n) is 12.0. The number of piperazine rings is 1. The largest absolute Gasteiger partial charge is 0.486 e. The van der Waals surface area contributed by atoms with Crippen LogP contribution in [-0.2, 0) is 0 Å². The first kappa shape index (κ1) is 23.0. The van der Waals surface area contributed by atoms with Gasteiger partial charge in [-0.25, -0.2) is 0 Å². The van der Waals surface area contributed by atoms with Gasteiger partial charge in [0.05, 0.1) is 5.60 Å². The second-order valence-electron chi connectivity index (χ2n) is 9.47. The van der Waals surface area contributed by atoms with Gasteiger partial charge in [-0.1, -0.05) is 49.6 Å². The molecule has 1 heterocycles. The molecule has 2 fully saturated rings. The Kier molecular flexibility index (Phi) is 7.29. The molecule has 1 aliphatic heterocycles. The highest BCUT2D eigenvalue weighted by Gasteiger charge is 2.46. The summed E-state index contributed by atoms with van der Waals surface area (Å²) >= 11 is 0. The van der Waals surface area contributed by atoms with E-state index in [9.17, 15) is 9.90 Å². The summed E-state index contributed by atoms with van der Waals surface area (Å²) < 4.78 is 6.08. The Morgan fingerprint density at radius 1 is 0.938 bits per heavy atom. The second-order valence-corrected chi connectivity index (χ2v) is 9.47. The van der Waals surface area contributed by atoms with E-state index >= 15 is 0 Å². The van der Waals surface area contributed by atoms with Crippen LogP contribution in [0.4, 0.5) is 0 Å². The van der Waals surface area contributed by atoms with Crippen molar-refractivity contribution in [3.63, 3.8) is 0 Å². The van der Waals surface area contributed by atoms with Gasteiger partial charge < -0.3 is 14.7 Å². The molecule has 5 heteroatoms. The highest BCUT2D eigenvalue weighted by atomic mass is 16.5. The average molecular weight is 437 g/mol. The number of likely N-dealkylation sites (N-methyl/N-ethyl adjacent to an activating group) is 1. The molecule has 2 aromatic carbocycles. The molecule has 1 N–H and O–H groups in total. The molecule has 0 aromatic heterocycles. The number of rotatable bonds is 7. The lowest BCUT2D eigenvalue weighted by Gasteiger charge is -2.46. The number of benzene rings is 2. The lowest BCUT2D eigenvalue weighted by Crippen LogP contribution is -2.61. The third-order valence-corrected chi connectivity index (χ3v) is 7.10. The van der Waals surface area contributed by atoms with Crippen LogP contribution >= 0.6 is 0 Å².